The number of pyridine rings is 2. The first kappa shape index (κ1) is 34.9. The largest absolute Gasteiger partial charge is 0.507 e. The summed E-state index contributed by atoms with van der Waals surface area (Å²) in [6.45, 7) is 13.7. The number of phenols is 1. The first-order chi connectivity index (χ1) is 26.0. The number of phenolic OH excluding ortho intramolecular Hbond substituents is 1. The zero-order chi connectivity index (χ0) is 37.6. The lowest BCUT2D eigenvalue weighted by Crippen LogP contribution is -2.39. The van der Waals surface area contributed by atoms with Gasteiger partial charge in [-0.05, 0) is 98.6 Å². The molecule has 0 saturated heterocycles. The standard InChI is InChI=1S/C48H44N4OSi/c1-48(2,3)37-22-23-43(53)41(29-37)46-51-45-39(24-25-49-47(45)52(46)38-20-14-9-15-21-38)35-26-34(32-16-10-7-11-17-32)27-36(28-35)42-30-40(33-18-12-8-13-19-33)44(31-50-42)54(4,5)6/h7-31,53H,1-6H3. The van der Waals surface area contributed by atoms with Gasteiger partial charge in [-0.3, -0.25) is 9.55 Å². The molecule has 0 spiro atoms. The van der Waals surface area contributed by atoms with Gasteiger partial charge in [-0.2, -0.15) is 0 Å². The first-order valence-corrected chi connectivity index (χ1v) is 22.0. The van der Waals surface area contributed by atoms with Crippen molar-refractivity contribution in [3.8, 4) is 67.5 Å². The molecule has 0 bridgehead atoms. The molecule has 8 aromatic rings. The van der Waals surface area contributed by atoms with Crippen molar-refractivity contribution in [2.24, 2.45) is 0 Å². The van der Waals surface area contributed by atoms with Crippen molar-refractivity contribution >= 4 is 24.4 Å². The molecular formula is C48H44N4OSi. The predicted molar refractivity (Wildman–Crippen MR) is 227 cm³/mol. The van der Waals surface area contributed by atoms with Gasteiger partial charge in [0.25, 0.3) is 0 Å². The van der Waals surface area contributed by atoms with Gasteiger partial charge in [-0.1, -0.05) is 125 Å². The monoisotopic (exact) mass is 720 g/mol. The minimum Gasteiger partial charge on any atom is -0.507 e. The van der Waals surface area contributed by atoms with Crippen LogP contribution in [0.4, 0.5) is 0 Å². The number of nitrogens with zero attached hydrogens (tertiary/aromatic N) is 4. The Hall–Kier alpha value is -6.11. The van der Waals surface area contributed by atoms with Crippen molar-refractivity contribution in [1.82, 2.24) is 19.5 Å². The minimum absolute atomic E-state index is 0.120. The summed E-state index contributed by atoms with van der Waals surface area (Å²) in [5.74, 6) is 0.808. The number of imidazole rings is 1. The highest BCUT2D eigenvalue weighted by Crippen LogP contribution is 2.40. The molecule has 54 heavy (non-hydrogen) atoms. The van der Waals surface area contributed by atoms with Gasteiger partial charge in [0.15, 0.2) is 11.5 Å². The number of benzene rings is 5. The predicted octanol–water partition coefficient (Wildman–Crippen LogP) is 11.7. The Kier molecular flexibility index (Phi) is 8.87. The summed E-state index contributed by atoms with van der Waals surface area (Å²) in [6, 6.07) is 48.1. The smallest absolute Gasteiger partial charge is 0.165 e. The normalized spacial score (nSPS) is 12.0. The van der Waals surface area contributed by atoms with Crippen molar-refractivity contribution < 1.29 is 5.11 Å². The highest BCUT2D eigenvalue weighted by Gasteiger charge is 2.25. The van der Waals surface area contributed by atoms with Gasteiger partial charge in [0, 0.05) is 29.2 Å². The highest BCUT2D eigenvalue weighted by molar-refractivity contribution is 6.89. The van der Waals surface area contributed by atoms with E-state index in [-0.39, 0.29) is 11.2 Å². The lowest BCUT2D eigenvalue weighted by molar-refractivity contribution is 0.475. The van der Waals surface area contributed by atoms with Crippen LogP contribution in [0, 0.1) is 0 Å². The Morgan fingerprint density at radius 3 is 1.87 bits per heavy atom. The number of aromatic hydroxyl groups is 1. The summed E-state index contributed by atoms with van der Waals surface area (Å²) in [5.41, 5.74) is 12.6. The van der Waals surface area contributed by atoms with Gasteiger partial charge < -0.3 is 5.11 Å². The van der Waals surface area contributed by atoms with E-state index in [9.17, 15) is 5.11 Å². The van der Waals surface area contributed by atoms with Gasteiger partial charge >= 0.3 is 0 Å². The van der Waals surface area contributed by atoms with E-state index in [0.29, 0.717) is 17.0 Å². The highest BCUT2D eigenvalue weighted by atomic mass is 28.3. The summed E-state index contributed by atoms with van der Waals surface area (Å²) in [6.07, 6.45) is 3.97. The van der Waals surface area contributed by atoms with Gasteiger partial charge in [-0.25, -0.2) is 9.97 Å². The maximum atomic E-state index is 11.4. The van der Waals surface area contributed by atoms with E-state index in [4.69, 9.17) is 15.0 Å². The second-order valence-corrected chi connectivity index (χ2v) is 21.1. The molecule has 0 radical (unpaired) electrons. The second-order valence-electron chi connectivity index (χ2n) is 16.0. The fourth-order valence-corrected chi connectivity index (χ4v) is 8.66. The molecule has 0 amide bonds. The van der Waals surface area contributed by atoms with Crippen molar-refractivity contribution in [3.05, 3.63) is 157 Å². The Balaban J connectivity index is 1.39. The van der Waals surface area contributed by atoms with Crippen LogP contribution in [-0.2, 0) is 5.41 Å². The number of fused-ring (bicyclic) bond motifs is 1. The third kappa shape index (κ3) is 6.65. The molecular weight excluding hydrogens is 677 g/mol. The minimum atomic E-state index is -1.72. The SMILES string of the molecule is CC(C)(C)c1ccc(O)c(-c2nc3c(-c4cc(-c5ccccc5)cc(-c5cc(-c6ccccc6)c([Si](C)(C)C)cn5)c4)ccnc3n2-c2ccccc2)c1. The second kappa shape index (κ2) is 13.7. The van der Waals surface area contributed by atoms with Crippen LogP contribution in [-0.4, -0.2) is 32.7 Å². The van der Waals surface area contributed by atoms with Crippen molar-refractivity contribution in [1.29, 1.82) is 0 Å². The third-order valence-electron chi connectivity index (χ3n) is 10.1. The van der Waals surface area contributed by atoms with Crippen LogP contribution in [0.5, 0.6) is 5.75 Å². The Labute approximate surface area is 318 Å². The fraction of sp³-hybridized carbons (Fsp3) is 0.146. The molecule has 0 aliphatic heterocycles. The van der Waals surface area contributed by atoms with Crippen molar-refractivity contribution in [2.75, 3.05) is 0 Å². The van der Waals surface area contributed by atoms with E-state index in [0.717, 1.165) is 50.3 Å². The summed E-state index contributed by atoms with van der Waals surface area (Å²) >= 11 is 0. The molecule has 0 aliphatic carbocycles. The Morgan fingerprint density at radius 1 is 0.574 bits per heavy atom. The maximum absolute atomic E-state index is 11.4. The summed E-state index contributed by atoms with van der Waals surface area (Å²) in [5, 5.41) is 12.7. The zero-order valence-electron chi connectivity index (χ0n) is 31.7. The molecule has 0 aliphatic rings. The number of rotatable bonds is 7. The van der Waals surface area contributed by atoms with Crippen LogP contribution in [0.3, 0.4) is 0 Å². The number of hydrogen-bond donors (Lipinski definition) is 1. The van der Waals surface area contributed by atoms with E-state index in [1.165, 1.54) is 16.3 Å². The third-order valence-corrected chi connectivity index (χ3v) is 12.1. The molecule has 0 atom stereocenters. The topological polar surface area (TPSA) is 63.8 Å². The van der Waals surface area contributed by atoms with Crippen LogP contribution in [0.2, 0.25) is 19.6 Å². The summed E-state index contributed by atoms with van der Waals surface area (Å²) in [7, 11) is -1.72. The molecule has 3 aromatic heterocycles. The number of hydrogen-bond acceptors (Lipinski definition) is 4. The Morgan fingerprint density at radius 2 is 1.20 bits per heavy atom. The molecule has 3 heterocycles. The number of para-hydroxylation sites is 1. The summed E-state index contributed by atoms with van der Waals surface area (Å²) < 4.78 is 2.06. The van der Waals surface area contributed by atoms with Gasteiger partial charge in [0.1, 0.15) is 11.3 Å². The van der Waals surface area contributed by atoms with E-state index in [1.54, 1.807) is 6.07 Å². The maximum Gasteiger partial charge on any atom is 0.165 e. The summed E-state index contributed by atoms with van der Waals surface area (Å²) in [4.78, 5) is 15.4. The van der Waals surface area contributed by atoms with Crippen LogP contribution in [0.1, 0.15) is 26.3 Å². The Bertz CT molecular complexity index is 2620. The molecule has 266 valence electrons. The van der Waals surface area contributed by atoms with E-state index >= 15 is 0 Å². The molecule has 1 N–H and O–H groups in total. The van der Waals surface area contributed by atoms with E-state index in [2.05, 4.69) is 148 Å². The van der Waals surface area contributed by atoms with E-state index in [1.807, 2.05) is 42.6 Å². The molecule has 5 nitrogen and oxygen atoms in total. The number of aromatic nitrogens is 4. The lowest BCUT2D eigenvalue weighted by atomic mass is 9.86. The van der Waals surface area contributed by atoms with Crippen LogP contribution in [0.25, 0.3) is 72.9 Å². The molecule has 0 unspecified atom stereocenters. The van der Waals surface area contributed by atoms with Gasteiger partial charge in [0.05, 0.1) is 19.3 Å². The average Bonchev–Trinajstić information content (AvgIpc) is 3.57. The molecule has 0 saturated carbocycles. The lowest BCUT2D eigenvalue weighted by Gasteiger charge is -2.22. The molecule has 8 rings (SSSR count). The van der Waals surface area contributed by atoms with Crippen LogP contribution >= 0.6 is 0 Å². The van der Waals surface area contributed by atoms with Gasteiger partial charge in [-0.15, -0.1) is 0 Å². The van der Waals surface area contributed by atoms with Crippen LogP contribution < -0.4 is 5.19 Å². The first-order valence-electron chi connectivity index (χ1n) is 18.5. The fourth-order valence-electron chi connectivity index (χ4n) is 7.19. The molecule has 6 heteroatoms. The van der Waals surface area contributed by atoms with E-state index < -0.39 is 8.07 Å². The van der Waals surface area contributed by atoms with Crippen molar-refractivity contribution in [3.63, 3.8) is 0 Å². The molecule has 5 aromatic carbocycles. The zero-order valence-corrected chi connectivity index (χ0v) is 32.7. The quantitative estimate of drug-likeness (QED) is 0.167. The average molecular weight is 721 g/mol. The molecule has 0 fully saturated rings. The van der Waals surface area contributed by atoms with Gasteiger partial charge in [0.2, 0.25) is 0 Å². The van der Waals surface area contributed by atoms with Crippen molar-refractivity contribution in [2.45, 2.75) is 45.8 Å². The van der Waals surface area contributed by atoms with Crippen LogP contribution in [0.15, 0.2) is 152 Å².